The van der Waals surface area contributed by atoms with Crippen molar-refractivity contribution < 1.29 is 4.79 Å². The molecular formula is C11H14Br2N2OS. The molecule has 3 nitrogen and oxygen atoms in total. The molecule has 1 fully saturated rings. The third kappa shape index (κ3) is 3.10. The number of amides is 1. The molecule has 1 amide bonds. The molecule has 2 rings (SSSR count). The summed E-state index contributed by atoms with van der Waals surface area (Å²) in [5.41, 5.74) is 6.69. The predicted molar refractivity (Wildman–Crippen MR) is 77.4 cm³/mol. The fraction of sp³-hybridized carbons (Fsp3) is 0.545. The molecule has 1 saturated heterocycles. The molecule has 2 heterocycles. The molecule has 2 N–H and O–H groups in total. The van der Waals surface area contributed by atoms with E-state index in [2.05, 4.69) is 38.8 Å². The molecule has 94 valence electrons. The molecule has 0 aliphatic carbocycles. The highest BCUT2D eigenvalue weighted by molar-refractivity contribution is 9.12. The highest BCUT2D eigenvalue weighted by atomic mass is 79.9. The molecule has 0 spiro atoms. The Hall–Kier alpha value is 0.0900. The Balaban J connectivity index is 2.17. The van der Waals surface area contributed by atoms with Crippen molar-refractivity contribution >= 4 is 49.1 Å². The zero-order chi connectivity index (χ0) is 12.6. The number of rotatable bonds is 1. The molecule has 1 aliphatic heterocycles. The van der Waals surface area contributed by atoms with E-state index in [1.54, 1.807) is 0 Å². The van der Waals surface area contributed by atoms with Gasteiger partial charge < -0.3 is 10.6 Å². The largest absolute Gasteiger partial charge is 0.337 e. The summed E-state index contributed by atoms with van der Waals surface area (Å²) in [7, 11) is 0. The molecule has 0 radical (unpaired) electrons. The van der Waals surface area contributed by atoms with Crippen LogP contribution in [0.4, 0.5) is 0 Å². The Morgan fingerprint density at radius 3 is 2.76 bits per heavy atom. The van der Waals surface area contributed by atoms with E-state index in [9.17, 15) is 4.79 Å². The number of hydrogen-bond donors (Lipinski definition) is 1. The Labute approximate surface area is 122 Å². The predicted octanol–water partition coefficient (Wildman–Crippen LogP) is 3.08. The number of hydrogen-bond acceptors (Lipinski definition) is 3. The van der Waals surface area contributed by atoms with Crippen LogP contribution in [0.5, 0.6) is 0 Å². The minimum Gasteiger partial charge on any atom is -0.337 e. The van der Waals surface area contributed by atoms with Crippen LogP contribution in [0.2, 0.25) is 0 Å². The van der Waals surface area contributed by atoms with Crippen molar-refractivity contribution in [1.29, 1.82) is 0 Å². The van der Waals surface area contributed by atoms with Crippen LogP contribution in [0.3, 0.4) is 0 Å². The number of thiophene rings is 1. The maximum Gasteiger partial charge on any atom is 0.255 e. The first-order chi connectivity index (χ1) is 7.97. The van der Waals surface area contributed by atoms with E-state index in [0.29, 0.717) is 12.5 Å². The lowest BCUT2D eigenvalue weighted by atomic mass is 9.96. The molecular weight excluding hydrogens is 368 g/mol. The molecule has 0 aromatic carbocycles. The Kier molecular flexibility index (Phi) is 4.28. The second kappa shape index (κ2) is 5.38. The van der Waals surface area contributed by atoms with E-state index in [1.165, 1.54) is 11.3 Å². The normalized spacial score (nSPS) is 25.1. The lowest BCUT2D eigenvalue weighted by Crippen LogP contribution is -2.48. The van der Waals surface area contributed by atoms with Crippen molar-refractivity contribution in [2.75, 3.05) is 13.1 Å². The zero-order valence-electron chi connectivity index (χ0n) is 9.45. The fourth-order valence-electron chi connectivity index (χ4n) is 2.22. The van der Waals surface area contributed by atoms with Gasteiger partial charge in [0.25, 0.3) is 5.91 Å². The smallest absolute Gasteiger partial charge is 0.255 e. The number of halogens is 2. The molecule has 6 heteroatoms. The molecule has 2 unspecified atom stereocenters. The van der Waals surface area contributed by atoms with Gasteiger partial charge in [-0.2, -0.15) is 0 Å². The summed E-state index contributed by atoms with van der Waals surface area (Å²) in [5.74, 6) is 0.546. The minimum absolute atomic E-state index is 0.0702. The Morgan fingerprint density at radius 1 is 1.53 bits per heavy atom. The molecule has 0 saturated carbocycles. The first-order valence-corrected chi connectivity index (χ1v) is 7.87. The third-order valence-corrected chi connectivity index (χ3v) is 5.21. The maximum absolute atomic E-state index is 12.4. The second-order valence-electron chi connectivity index (χ2n) is 4.55. The van der Waals surface area contributed by atoms with Crippen LogP contribution >= 0.6 is 43.2 Å². The van der Waals surface area contributed by atoms with E-state index < -0.39 is 0 Å². The SMILES string of the molecule is CC1CC(N)CN(C(=O)c2cc(Br)sc2Br)C1. The number of piperidine rings is 1. The van der Waals surface area contributed by atoms with Crippen LogP contribution in [-0.2, 0) is 0 Å². The van der Waals surface area contributed by atoms with Crippen LogP contribution in [-0.4, -0.2) is 29.9 Å². The molecule has 0 bridgehead atoms. The standard InChI is InChI=1S/C11H14Br2N2OS/c1-6-2-7(14)5-15(4-6)11(16)8-3-9(12)17-10(8)13/h3,6-7H,2,4-5,14H2,1H3. The van der Waals surface area contributed by atoms with Crippen molar-refractivity contribution in [1.82, 2.24) is 4.90 Å². The number of nitrogens with zero attached hydrogens (tertiary/aromatic N) is 1. The average Bonchev–Trinajstić information content (AvgIpc) is 2.55. The van der Waals surface area contributed by atoms with Gasteiger partial charge in [-0.05, 0) is 50.3 Å². The fourth-order valence-corrected chi connectivity index (χ4v) is 5.00. The van der Waals surface area contributed by atoms with Crippen LogP contribution < -0.4 is 5.73 Å². The molecule has 1 aliphatic rings. The van der Waals surface area contributed by atoms with Crippen LogP contribution in [0.25, 0.3) is 0 Å². The lowest BCUT2D eigenvalue weighted by Gasteiger charge is -2.34. The number of likely N-dealkylation sites (tertiary alicyclic amines) is 1. The molecule has 1 aromatic rings. The van der Waals surface area contributed by atoms with Crippen LogP contribution in [0, 0.1) is 5.92 Å². The van der Waals surface area contributed by atoms with E-state index >= 15 is 0 Å². The van der Waals surface area contributed by atoms with E-state index in [4.69, 9.17) is 5.73 Å². The quantitative estimate of drug-likeness (QED) is 0.812. The van der Waals surface area contributed by atoms with E-state index in [0.717, 1.165) is 26.1 Å². The monoisotopic (exact) mass is 380 g/mol. The van der Waals surface area contributed by atoms with Crippen molar-refractivity contribution in [2.24, 2.45) is 11.7 Å². The van der Waals surface area contributed by atoms with Gasteiger partial charge in [0.2, 0.25) is 0 Å². The highest BCUT2D eigenvalue weighted by Crippen LogP contribution is 2.33. The third-order valence-electron chi connectivity index (χ3n) is 2.87. The summed E-state index contributed by atoms with van der Waals surface area (Å²) in [6, 6.07) is 1.96. The molecule has 2 atom stereocenters. The topological polar surface area (TPSA) is 46.3 Å². The summed E-state index contributed by atoms with van der Waals surface area (Å²) in [6.45, 7) is 3.59. The van der Waals surface area contributed by atoms with Gasteiger partial charge in [0.1, 0.15) is 0 Å². The van der Waals surface area contributed by atoms with Gasteiger partial charge in [0, 0.05) is 19.1 Å². The van der Waals surface area contributed by atoms with E-state index in [-0.39, 0.29) is 11.9 Å². The van der Waals surface area contributed by atoms with Crippen molar-refractivity contribution in [3.05, 3.63) is 19.2 Å². The van der Waals surface area contributed by atoms with Gasteiger partial charge in [-0.1, -0.05) is 6.92 Å². The summed E-state index contributed by atoms with van der Waals surface area (Å²) in [5, 5.41) is 0. The summed E-state index contributed by atoms with van der Waals surface area (Å²) < 4.78 is 1.84. The van der Waals surface area contributed by atoms with Gasteiger partial charge in [-0.3, -0.25) is 4.79 Å². The summed E-state index contributed by atoms with van der Waals surface area (Å²) >= 11 is 8.33. The Bertz CT molecular complexity index is 425. The Morgan fingerprint density at radius 2 is 2.24 bits per heavy atom. The zero-order valence-corrected chi connectivity index (χ0v) is 13.4. The summed E-state index contributed by atoms with van der Waals surface area (Å²) in [4.78, 5) is 14.2. The van der Waals surface area contributed by atoms with Crippen molar-refractivity contribution in [3.63, 3.8) is 0 Å². The molecule has 17 heavy (non-hydrogen) atoms. The van der Waals surface area contributed by atoms with E-state index in [1.807, 2.05) is 11.0 Å². The van der Waals surface area contributed by atoms with Crippen molar-refractivity contribution in [3.8, 4) is 0 Å². The van der Waals surface area contributed by atoms with Crippen LogP contribution in [0.15, 0.2) is 13.6 Å². The number of carbonyl (C=O) groups is 1. The minimum atomic E-state index is 0.0702. The first-order valence-electron chi connectivity index (χ1n) is 5.47. The summed E-state index contributed by atoms with van der Waals surface area (Å²) in [6.07, 6.45) is 0.998. The van der Waals surface area contributed by atoms with Gasteiger partial charge >= 0.3 is 0 Å². The lowest BCUT2D eigenvalue weighted by molar-refractivity contribution is 0.0660. The highest BCUT2D eigenvalue weighted by Gasteiger charge is 2.28. The number of carbonyl (C=O) groups excluding carboxylic acids is 1. The first kappa shape index (κ1) is 13.5. The van der Waals surface area contributed by atoms with Crippen LogP contribution in [0.1, 0.15) is 23.7 Å². The second-order valence-corrected chi connectivity index (χ2v) is 8.30. The molecule has 1 aromatic heterocycles. The maximum atomic E-state index is 12.4. The van der Waals surface area contributed by atoms with Gasteiger partial charge in [0.15, 0.2) is 0 Å². The van der Waals surface area contributed by atoms with Gasteiger partial charge in [0.05, 0.1) is 13.1 Å². The van der Waals surface area contributed by atoms with Gasteiger partial charge in [-0.15, -0.1) is 11.3 Å². The average molecular weight is 382 g/mol. The van der Waals surface area contributed by atoms with Crippen molar-refractivity contribution in [2.45, 2.75) is 19.4 Å². The van der Waals surface area contributed by atoms with Gasteiger partial charge in [-0.25, -0.2) is 0 Å². The number of nitrogens with two attached hydrogens (primary N) is 1.